The number of aliphatic hydroxyl groups excluding tert-OH is 1. The first-order valence-corrected chi connectivity index (χ1v) is 18.4. The third-order valence-corrected chi connectivity index (χ3v) is 9.44. The molecule has 0 amide bonds. The molecule has 232 valence electrons. The molecule has 4 aromatic rings. The maximum atomic E-state index is 13.2. The van der Waals surface area contributed by atoms with Gasteiger partial charge in [0.15, 0.2) is 11.9 Å². The summed E-state index contributed by atoms with van der Waals surface area (Å²) in [6, 6.07) is 37.2. The lowest BCUT2D eigenvalue weighted by Crippen LogP contribution is -2.83. The quantitative estimate of drug-likeness (QED) is 0.175. The van der Waals surface area contributed by atoms with E-state index in [9.17, 15) is 20.4 Å². The monoisotopic (exact) mass is 632 g/mol. The van der Waals surface area contributed by atoms with E-state index in [1.807, 2.05) is 121 Å². The Balaban J connectivity index is 1.73. The summed E-state index contributed by atoms with van der Waals surface area (Å²) >= 11 is 5.70. The first kappa shape index (κ1) is 32.7. The van der Waals surface area contributed by atoms with Crippen LogP contribution in [0, 0.1) is 0 Å². The molecule has 1 aliphatic heterocycles. The average molecular weight is 633 g/mol. The van der Waals surface area contributed by atoms with E-state index in [1.165, 1.54) is 0 Å². The van der Waals surface area contributed by atoms with Crippen molar-refractivity contribution >= 4 is 18.1 Å². The van der Waals surface area contributed by atoms with E-state index in [0.29, 0.717) is 16.7 Å². The first-order valence-electron chi connectivity index (χ1n) is 14.8. The highest BCUT2D eigenvalue weighted by Crippen LogP contribution is 2.54. The molecule has 0 aromatic heterocycles. The molecule has 1 heterocycles. The highest BCUT2D eigenvalue weighted by Gasteiger charge is 2.73. The lowest BCUT2D eigenvalue weighted by atomic mass is 9.59. The predicted molar refractivity (Wildman–Crippen MR) is 177 cm³/mol. The van der Waals surface area contributed by atoms with Gasteiger partial charge in [0.05, 0.1) is 12.4 Å². The normalized spacial score (nSPS) is 28.0. The zero-order valence-electron chi connectivity index (χ0n) is 25.1. The van der Waals surface area contributed by atoms with E-state index in [0.717, 1.165) is 5.56 Å². The van der Waals surface area contributed by atoms with Gasteiger partial charge in [0.1, 0.15) is 17.3 Å². The standard InChI is InChI=1S/C36H41O6PS/c1-43(2,44)42-33-35(39,25-29-19-11-5-12-20-29)36(40,26-30-21-13-6-14-22-30)34(38,24-28-17-9-4-10-18-28)32(41-33)31(37)23-27-15-7-3-8-16-27/h3-22,31-33,37-40H,23-26H2,1-2H3/t31?,32-,33-,34-,35+,36+/m1/s1. The number of aliphatic hydroxyl groups is 4. The molecule has 8 heteroatoms. The molecule has 1 saturated heterocycles. The van der Waals surface area contributed by atoms with Gasteiger partial charge < -0.3 is 29.7 Å². The van der Waals surface area contributed by atoms with Gasteiger partial charge in [-0.15, -0.1) is 0 Å². The highest BCUT2D eigenvalue weighted by molar-refractivity contribution is 8.11. The molecule has 5 rings (SSSR count). The van der Waals surface area contributed by atoms with Crippen LogP contribution in [0.25, 0.3) is 0 Å². The van der Waals surface area contributed by atoms with Crippen molar-refractivity contribution in [3.63, 3.8) is 0 Å². The predicted octanol–water partition coefficient (Wildman–Crippen LogP) is 4.91. The lowest BCUT2D eigenvalue weighted by Gasteiger charge is -2.62. The largest absolute Gasteiger partial charge is 0.390 e. The van der Waals surface area contributed by atoms with E-state index in [2.05, 4.69) is 0 Å². The Labute approximate surface area is 265 Å². The molecule has 4 aromatic carbocycles. The fourth-order valence-electron chi connectivity index (χ4n) is 6.37. The molecule has 1 unspecified atom stereocenters. The Kier molecular flexibility index (Phi) is 9.90. The van der Waals surface area contributed by atoms with Crippen molar-refractivity contribution in [2.45, 2.75) is 61.0 Å². The third kappa shape index (κ3) is 6.91. The van der Waals surface area contributed by atoms with Crippen molar-refractivity contribution in [3.05, 3.63) is 144 Å². The van der Waals surface area contributed by atoms with Gasteiger partial charge in [0, 0.05) is 25.7 Å². The molecular weight excluding hydrogens is 591 g/mol. The number of rotatable bonds is 11. The third-order valence-electron chi connectivity index (χ3n) is 8.49. The molecule has 1 fully saturated rings. The molecule has 6 nitrogen and oxygen atoms in total. The minimum atomic E-state index is -2.52. The van der Waals surface area contributed by atoms with Gasteiger partial charge >= 0.3 is 0 Å². The van der Waals surface area contributed by atoms with E-state index in [-0.39, 0.29) is 25.7 Å². The summed E-state index contributed by atoms with van der Waals surface area (Å²) in [5.74, 6) is 0. The van der Waals surface area contributed by atoms with Crippen molar-refractivity contribution < 1.29 is 29.7 Å². The van der Waals surface area contributed by atoms with Crippen LogP contribution in [0.2, 0.25) is 0 Å². The van der Waals surface area contributed by atoms with Gasteiger partial charge in [-0.05, 0) is 35.6 Å². The summed E-state index contributed by atoms with van der Waals surface area (Å²) in [5.41, 5.74) is -3.72. The summed E-state index contributed by atoms with van der Waals surface area (Å²) in [4.78, 5) is 0. The minimum Gasteiger partial charge on any atom is -0.390 e. The average Bonchev–Trinajstić information content (AvgIpc) is 2.99. The van der Waals surface area contributed by atoms with Crippen LogP contribution in [0.4, 0.5) is 0 Å². The van der Waals surface area contributed by atoms with E-state index in [1.54, 1.807) is 13.3 Å². The number of benzene rings is 4. The first-order chi connectivity index (χ1) is 20.9. The van der Waals surface area contributed by atoms with Gasteiger partial charge in [-0.25, -0.2) is 0 Å². The van der Waals surface area contributed by atoms with E-state index >= 15 is 0 Å². The van der Waals surface area contributed by atoms with Gasteiger partial charge in [-0.3, -0.25) is 0 Å². The molecule has 0 aliphatic carbocycles. The summed E-state index contributed by atoms with van der Waals surface area (Å²) in [6.07, 6.45) is -6.82. The number of hydrogen-bond acceptors (Lipinski definition) is 7. The summed E-state index contributed by atoms with van der Waals surface area (Å²) < 4.78 is 12.9. The molecule has 6 atom stereocenters. The minimum absolute atomic E-state index is 0.101. The van der Waals surface area contributed by atoms with Crippen LogP contribution in [0.1, 0.15) is 22.3 Å². The van der Waals surface area contributed by atoms with Gasteiger partial charge in [-0.2, -0.15) is 0 Å². The van der Waals surface area contributed by atoms with Crippen LogP contribution in [-0.2, 0) is 46.8 Å². The second-order valence-corrected chi connectivity index (χ2v) is 17.6. The van der Waals surface area contributed by atoms with E-state index in [4.69, 9.17) is 21.1 Å². The smallest absolute Gasteiger partial charge is 0.194 e. The van der Waals surface area contributed by atoms with Crippen molar-refractivity contribution in [2.24, 2.45) is 0 Å². The number of ether oxygens (including phenoxy) is 1. The van der Waals surface area contributed by atoms with Crippen molar-refractivity contribution in [1.29, 1.82) is 0 Å². The molecule has 0 saturated carbocycles. The Bertz CT molecular complexity index is 1540. The number of hydrogen-bond donors (Lipinski definition) is 4. The highest BCUT2D eigenvalue weighted by atomic mass is 32.4. The topological polar surface area (TPSA) is 99.4 Å². The maximum Gasteiger partial charge on any atom is 0.194 e. The maximum absolute atomic E-state index is 13.2. The summed E-state index contributed by atoms with van der Waals surface area (Å²) in [6.45, 7) is 3.54. The Hall–Kier alpha value is -2.71. The zero-order chi connectivity index (χ0) is 31.4. The molecule has 4 N–H and O–H groups in total. The zero-order valence-corrected chi connectivity index (χ0v) is 26.8. The Morgan fingerprint density at radius 3 is 1.48 bits per heavy atom. The second kappa shape index (κ2) is 13.3. The Morgan fingerprint density at radius 1 is 0.659 bits per heavy atom. The summed E-state index contributed by atoms with van der Waals surface area (Å²) in [5, 5.41) is 51.1. The van der Waals surface area contributed by atoms with E-state index < -0.39 is 41.6 Å². The van der Waals surface area contributed by atoms with Crippen molar-refractivity contribution in [1.82, 2.24) is 0 Å². The molecule has 44 heavy (non-hydrogen) atoms. The molecule has 0 radical (unpaired) electrons. The van der Waals surface area contributed by atoms with Gasteiger partial charge in [-0.1, -0.05) is 133 Å². The van der Waals surface area contributed by atoms with Crippen LogP contribution >= 0.6 is 6.26 Å². The summed E-state index contributed by atoms with van der Waals surface area (Å²) in [7, 11) is 0. The van der Waals surface area contributed by atoms with Gasteiger partial charge in [0.25, 0.3) is 0 Å². The Morgan fingerprint density at radius 2 is 1.05 bits per heavy atom. The van der Waals surface area contributed by atoms with Crippen LogP contribution < -0.4 is 0 Å². The van der Waals surface area contributed by atoms with Crippen LogP contribution in [0.5, 0.6) is 0 Å². The SMILES string of the molecule is CP(C)(=S)O[C@H]1O[C@H](C(O)Cc2ccccc2)[C@](O)(Cc2ccccc2)[C@@](O)(Cc2ccccc2)[C@]1(O)Cc1ccccc1. The lowest BCUT2D eigenvalue weighted by molar-refractivity contribution is -0.395. The van der Waals surface area contributed by atoms with Crippen molar-refractivity contribution in [3.8, 4) is 0 Å². The fourth-order valence-corrected chi connectivity index (χ4v) is 7.29. The van der Waals surface area contributed by atoms with Crippen LogP contribution in [-0.4, -0.2) is 69.1 Å². The van der Waals surface area contributed by atoms with Crippen LogP contribution in [0.3, 0.4) is 0 Å². The van der Waals surface area contributed by atoms with Gasteiger partial charge in [0.2, 0.25) is 0 Å². The van der Waals surface area contributed by atoms with Crippen molar-refractivity contribution in [2.75, 3.05) is 13.3 Å². The molecule has 0 spiro atoms. The molecule has 0 bridgehead atoms. The fraction of sp³-hybridized carbons (Fsp3) is 0.333. The molecule has 1 aliphatic rings. The second-order valence-electron chi connectivity index (χ2n) is 12.2. The van der Waals surface area contributed by atoms with Crippen LogP contribution in [0.15, 0.2) is 121 Å². The molecular formula is C36H41O6PS.